The molecule has 0 unspecified atom stereocenters. The summed E-state index contributed by atoms with van der Waals surface area (Å²) in [5.41, 5.74) is 1.06. The van der Waals surface area contributed by atoms with Crippen LogP contribution in [-0.4, -0.2) is 43.0 Å². The van der Waals surface area contributed by atoms with Crippen LogP contribution in [0.15, 0.2) is 24.3 Å². The van der Waals surface area contributed by atoms with Crippen LogP contribution in [0.1, 0.15) is 38.2 Å². The second-order valence-electron chi connectivity index (χ2n) is 5.89. The summed E-state index contributed by atoms with van der Waals surface area (Å²) in [7, 11) is 1.65. The number of carbonyl (C=O) groups excluding carboxylic acids is 2. The van der Waals surface area contributed by atoms with E-state index in [1.165, 1.54) is 0 Å². The Kier molecular flexibility index (Phi) is 6.44. The number of ether oxygens (including phenoxy) is 1. The molecular formula is C18H26N2O3. The molecule has 5 nitrogen and oxygen atoms in total. The lowest BCUT2D eigenvalue weighted by Gasteiger charge is -2.32. The maximum Gasteiger partial charge on any atom is 0.222 e. The van der Waals surface area contributed by atoms with Gasteiger partial charge in [-0.15, -0.1) is 0 Å². The SMILES string of the molecule is CCC(=O)NC1CCN(C(=O)CCc2ccccc2OC)CC1. The van der Waals surface area contributed by atoms with E-state index in [0.29, 0.717) is 19.3 Å². The van der Waals surface area contributed by atoms with Crippen molar-refractivity contribution in [1.82, 2.24) is 10.2 Å². The number of rotatable bonds is 6. The summed E-state index contributed by atoms with van der Waals surface area (Å²) >= 11 is 0. The fraction of sp³-hybridized carbons (Fsp3) is 0.556. The molecule has 126 valence electrons. The first-order valence-electron chi connectivity index (χ1n) is 8.33. The maximum absolute atomic E-state index is 12.4. The first-order chi connectivity index (χ1) is 11.1. The fourth-order valence-electron chi connectivity index (χ4n) is 2.91. The number of amides is 2. The Labute approximate surface area is 138 Å². The van der Waals surface area contributed by atoms with Crippen molar-refractivity contribution < 1.29 is 14.3 Å². The number of aryl methyl sites for hydroxylation is 1. The van der Waals surface area contributed by atoms with E-state index in [1.807, 2.05) is 36.1 Å². The second kappa shape index (κ2) is 8.56. The number of benzene rings is 1. The van der Waals surface area contributed by atoms with Crippen molar-refractivity contribution in [3.63, 3.8) is 0 Å². The van der Waals surface area contributed by atoms with Gasteiger partial charge in [0.2, 0.25) is 11.8 Å². The van der Waals surface area contributed by atoms with E-state index in [0.717, 1.165) is 37.2 Å². The van der Waals surface area contributed by atoms with Crippen molar-refractivity contribution in [3.05, 3.63) is 29.8 Å². The third-order valence-electron chi connectivity index (χ3n) is 4.33. The van der Waals surface area contributed by atoms with Crippen molar-refractivity contribution in [3.8, 4) is 5.75 Å². The molecule has 2 amide bonds. The van der Waals surface area contributed by atoms with E-state index >= 15 is 0 Å². The molecule has 5 heteroatoms. The molecule has 1 aliphatic rings. The van der Waals surface area contributed by atoms with Gasteiger partial charge in [-0.05, 0) is 30.9 Å². The Hall–Kier alpha value is -2.04. The summed E-state index contributed by atoms with van der Waals surface area (Å²) in [6, 6.07) is 8.02. The van der Waals surface area contributed by atoms with E-state index in [2.05, 4.69) is 5.32 Å². The summed E-state index contributed by atoms with van der Waals surface area (Å²) in [5, 5.41) is 3.01. The Balaban J connectivity index is 1.78. The van der Waals surface area contributed by atoms with Crippen molar-refractivity contribution in [2.24, 2.45) is 0 Å². The van der Waals surface area contributed by atoms with Crippen molar-refractivity contribution >= 4 is 11.8 Å². The van der Waals surface area contributed by atoms with Crippen LogP contribution in [0, 0.1) is 0 Å². The molecule has 1 heterocycles. The maximum atomic E-state index is 12.4. The molecule has 0 bridgehead atoms. The number of piperidine rings is 1. The van der Waals surface area contributed by atoms with E-state index in [-0.39, 0.29) is 17.9 Å². The summed E-state index contributed by atoms with van der Waals surface area (Å²) in [5.74, 6) is 1.10. The standard InChI is InChI=1S/C18H26N2O3/c1-3-17(21)19-15-10-12-20(13-11-15)18(22)9-8-14-6-4-5-7-16(14)23-2/h4-7,15H,3,8-13H2,1-2H3,(H,19,21). The molecule has 0 radical (unpaired) electrons. The molecule has 0 atom stereocenters. The lowest BCUT2D eigenvalue weighted by atomic mass is 10.0. The van der Waals surface area contributed by atoms with Gasteiger partial charge in [0.25, 0.3) is 0 Å². The predicted molar refractivity (Wildman–Crippen MR) is 89.4 cm³/mol. The number of para-hydroxylation sites is 1. The van der Waals surface area contributed by atoms with Crippen molar-refractivity contribution in [1.29, 1.82) is 0 Å². The highest BCUT2D eigenvalue weighted by Gasteiger charge is 2.23. The third kappa shape index (κ3) is 4.98. The Morgan fingerprint density at radius 1 is 1.26 bits per heavy atom. The number of hydrogen-bond donors (Lipinski definition) is 1. The third-order valence-corrected chi connectivity index (χ3v) is 4.33. The van der Waals surface area contributed by atoms with E-state index < -0.39 is 0 Å². The normalized spacial score (nSPS) is 15.3. The van der Waals surface area contributed by atoms with Gasteiger partial charge >= 0.3 is 0 Å². The van der Waals surface area contributed by atoms with Crippen LogP contribution in [-0.2, 0) is 16.0 Å². The molecular weight excluding hydrogens is 292 g/mol. The zero-order chi connectivity index (χ0) is 16.7. The first-order valence-corrected chi connectivity index (χ1v) is 8.33. The van der Waals surface area contributed by atoms with Gasteiger partial charge in [0, 0.05) is 32.0 Å². The van der Waals surface area contributed by atoms with E-state index in [4.69, 9.17) is 4.74 Å². The molecule has 1 fully saturated rings. The predicted octanol–water partition coefficient (Wildman–Crippen LogP) is 2.14. The zero-order valence-electron chi connectivity index (χ0n) is 14.0. The smallest absolute Gasteiger partial charge is 0.222 e. The molecule has 0 aliphatic carbocycles. The Bertz CT molecular complexity index is 537. The number of likely N-dealkylation sites (tertiary alicyclic amines) is 1. The number of hydrogen-bond acceptors (Lipinski definition) is 3. The molecule has 0 saturated carbocycles. The minimum absolute atomic E-state index is 0.0888. The summed E-state index contributed by atoms with van der Waals surface area (Å²) in [4.78, 5) is 25.7. The Morgan fingerprint density at radius 2 is 1.96 bits per heavy atom. The first kappa shape index (κ1) is 17.3. The molecule has 1 saturated heterocycles. The summed E-state index contributed by atoms with van der Waals surface area (Å²) in [6.07, 6.45) is 3.37. The minimum atomic E-state index is 0.0888. The fourth-order valence-corrected chi connectivity index (χ4v) is 2.91. The van der Waals surface area contributed by atoms with Crippen LogP contribution in [0.3, 0.4) is 0 Å². The van der Waals surface area contributed by atoms with Crippen LogP contribution in [0.5, 0.6) is 5.75 Å². The average Bonchev–Trinajstić information content (AvgIpc) is 2.60. The molecule has 0 aromatic heterocycles. The molecule has 1 N–H and O–H groups in total. The van der Waals surface area contributed by atoms with Crippen LogP contribution in [0.4, 0.5) is 0 Å². The molecule has 23 heavy (non-hydrogen) atoms. The van der Waals surface area contributed by atoms with Gasteiger partial charge in [-0.3, -0.25) is 9.59 Å². The van der Waals surface area contributed by atoms with Gasteiger partial charge in [-0.1, -0.05) is 25.1 Å². The minimum Gasteiger partial charge on any atom is -0.496 e. The average molecular weight is 318 g/mol. The topological polar surface area (TPSA) is 58.6 Å². The zero-order valence-corrected chi connectivity index (χ0v) is 14.0. The van der Waals surface area contributed by atoms with Gasteiger partial charge < -0.3 is 15.0 Å². The van der Waals surface area contributed by atoms with Crippen LogP contribution < -0.4 is 10.1 Å². The number of nitrogens with zero attached hydrogens (tertiary/aromatic N) is 1. The Morgan fingerprint density at radius 3 is 2.61 bits per heavy atom. The highest BCUT2D eigenvalue weighted by atomic mass is 16.5. The van der Waals surface area contributed by atoms with Gasteiger partial charge in [0.05, 0.1) is 7.11 Å². The highest BCUT2D eigenvalue weighted by molar-refractivity contribution is 5.77. The lowest BCUT2D eigenvalue weighted by Crippen LogP contribution is -2.46. The van der Waals surface area contributed by atoms with Crippen LogP contribution in [0.25, 0.3) is 0 Å². The largest absolute Gasteiger partial charge is 0.496 e. The van der Waals surface area contributed by atoms with Gasteiger partial charge in [-0.25, -0.2) is 0 Å². The number of carbonyl (C=O) groups is 2. The van der Waals surface area contributed by atoms with E-state index in [1.54, 1.807) is 7.11 Å². The molecule has 2 rings (SSSR count). The lowest BCUT2D eigenvalue weighted by molar-refractivity contribution is -0.132. The number of methoxy groups -OCH3 is 1. The van der Waals surface area contributed by atoms with Crippen molar-refractivity contribution in [2.75, 3.05) is 20.2 Å². The molecule has 1 aliphatic heterocycles. The second-order valence-corrected chi connectivity index (χ2v) is 5.89. The van der Waals surface area contributed by atoms with Gasteiger partial charge in [-0.2, -0.15) is 0 Å². The van der Waals surface area contributed by atoms with Gasteiger partial charge in [0.15, 0.2) is 0 Å². The van der Waals surface area contributed by atoms with Gasteiger partial charge in [0.1, 0.15) is 5.75 Å². The van der Waals surface area contributed by atoms with Crippen molar-refractivity contribution in [2.45, 2.75) is 45.1 Å². The highest BCUT2D eigenvalue weighted by Crippen LogP contribution is 2.20. The monoisotopic (exact) mass is 318 g/mol. The van der Waals surface area contributed by atoms with Crippen LogP contribution in [0.2, 0.25) is 0 Å². The van der Waals surface area contributed by atoms with E-state index in [9.17, 15) is 9.59 Å². The molecule has 0 spiro atoms. The molecule has 1 aromatic carbocycles. The summed E-state index contributed by atoms with van der Waals surface area (Å²) < 4.78 is 5.32. The summed E-state index contributed by atoms with van der Waals surface area (Å²) in [6.45, 7) is 3.30. The van der Waals surface area contributed by atoms with Crippen LogP contribution >= 0.6 is 0 Å². The number of nitrogens with one attached hydrogen (secondary N) is 1. The molecule has 1 aromatic rings. The quantitative estimate of drug-likeness (QED) is 0.874.